The van der Waals surface area contributed by atoms with Crippen LogP contribution in [-0.4, -0.2) is 28.1 Å². The lowest BCUT2D eigenvalue weighted by Crippen LogP contribution is -2.44. The van der Waals surface area contributed by atoms with Gasteiger partial charge in [-0.25, -0.2) is 4.39 Å². The minimum atomic E-state index is -1.16. The molecule has 0 spiro atoms. The summed E-state index contributed by atoms with van der Waals surface area (Å²) in [6.45, 7) is 4.99. The molecule has 0 aliphatic rings. The van der Waals surface area contributed by atoms with Crippen LogP contribution in [0.1, 0.15) is 31.1 Å². The number of nitrogens with zero attached hydrogens (tertiary/aromatic N) is 1. The number of halogens is 1. The Morgan fingerprint density at radius 1 is 1.57 bits per heavy atom. The van der Waals surface area contributed by atoms with Gasteiger partial charge in [0.2, 0.25) is 0 Å². The number of anilines is 1. The van der Waals surface area contributed by atoms with Gasteiger partial charge < -0.3 is 16.2 Å². The standard InChI is InChI=1S/C13H18FN3O4/c1-7(2)13(3,19)6-16-12(18)9-4-8(14)5-10(11(9)15)17(20)21/h4-5,7,19H,6,15H2,1-3H3,(H,16,18). The summed E-state index contributed by atoms with van der Waals surface area (Å²) in [7, 11) is 0. The summed E-state index contributed by atoms with van der Waals surface area (Å²) in [6, 6.07) is 1.47. The van der Waals surface area contributed by atoms with Crippen molar-refractivity contribution in [2.75, 3.05) is 12.3 Å². The molecule has 7 nitrogen and oxygen atoms in total. The van der Waals surface area contributed by atoms with Gasteiger partial charge in [-0.15, -0.1) is 0 Å². The first-order chi connectivity index (χ1) is 9.56. The highest BCUT2D eigenvalue weighted by atomic mass is 19.1. The molecule has 0 saturated heterocycles. The van der Waals surface area contributed by atoms with E-state index in [1.54, 1.807) is 13.8 Å². The van der Waals surface area contributed by atoms with Crippen LogP contribution in [-0.2, 0) is 0 Å². The van der Waals surface area contributed by atoms with E-state index in [0.29, 0.717) is 6.07 Å². The second-order valence-electron chi connectivity index (χ2n) is 5.34. The van der Waals surface area contributed by atoms with E-state index >= 15 is 0 Å². The molecule has 0 heterocycles. The van der Waals surface area contributed by atoms with Crippen LogP contribution in [0.15, 0.2) is 12.1 Å². The maximum absolute atomic E-state index is 13.3. The number of nitrogens with one attached hydrogen (secondary N) is 1. The maximum atomic E-state index is 13.3. The number of rotatable bonds is 5. The van der Waals surface area contributed by atoms with Crippen molar-refractivity contribution in [2.45, 2.75) is 26.4 Å². The SMILES string of the molecule is CC(C)C(C)(O)CNC(=O)c1cc(F)cc([N+](=O)[O-])c1N. The topological polar surface area (TPSA) is 118 Å². The van der Waals surface area contributed by atoms with Crippen molar-refractivity contribution in [2.24, 2.45) is 5.92 Å². The van der Waals surface area contributed by atoms with Crippen molar-refractivity contribution in [1.29, 1.82) is 0 Å². The van der Waals surface area contributed by atoms with Crippen LogP contribution in [0.25, 0.3) is 0 Å². The van der Waals surface area contributed by atoms with Gasteiger partial charge in [0, 0.05) is 6.54 Å². The van der Waals surface area contributed by atoms with Crippen LogP contribution in [0.3, 0.4) is 0 Å². The Bertz CT molecular complexity index is 573. The molecule has 21 heavy (non-hydrogen) atoms. The predicted octanol–water partition coefficient (Wildman–Crippen LogP) is 1.45. The fourth-order valence-corrected chi connectivity index (χ4v) is 1.50. The summed E-state index contributed by atoms with van der Waals surface area (Å²) in [6.07, 6.45) is 0. The summed E-state index contributed by atoms with van der Waals surface area (Å²) in [5.41, 5.74) is 2.94. The summed E-state index contributed by atoms with van der Waals surface area (Å²) >= 11 is 0. The van der Waals surface area contributed by atoms with E-state index in [1.165, 1.54) is 6.92 Å². The lowest BCUT2D eigenvalue weighted by atomic mass is 9.92. The lowest BCUT2D eigenvalue weighted by Gasteiger charge is -2.27. The average molecular weight is 299 g/mol. The van der Waals surface area contributed by atoms with Crippen LogP contribution in [0.2, 0.25) is 0 Å². The van der Waals surface area contributed by atoms with E-state index in [-0.39, 0.29) is 18.0 Å². The van der Waals surface area contributed by atoms with E-state index in [2.05, 4.69) is 5.32 Å². The van der Waals surface area contributed by atoms with E-state index in [4.69, 9.17) is 5.73 Å². The molecule has 0 bridgehead atoms. The van der Waals surface area contributed by atoms with Crippen molar-refractivity contribution >= 4 is 17.3 Å². The lowest BCUT2D eigenvalue weighted by molar-refractivity contribution is -0.384. The zero-order valence-corrected chi connectivity index (χ0v) is 12.0. The second-order valence-corrected chi connectivity index (χ2v) is 5.34. The number of nitro benzene ring substituents is 1. The molecule has 1 aromatic carbocycles. The fourth-order valence-electron chi connectivity index (χ4n) is 1.50. The molecule has 0 radical (unpaired) electrons. The van der Waals surface area contributed by atoms with Gasteiger partial charge in [-0.05, 0) is 18.9 Å². The molecule has 1 aromatic rings. The number of aliphatic hydroxyl groups is 1. The Balaban J connectivity index is 3.01. The van der Waals surface area contributed by atoms with Gasteiger partial charge >= 0.3 is 0 Å². The molecule has 0 saturated carbocycles. The van der Waals surface area contributed by atoms with E-state index in [9.17, 15) is 24.4 Å². The Morgan fingerprint density at radius 3 is 2.62 bits per heavy atom. The van der Waals surface area contributed by atoms with Crippen molar-refractivity contribution in [1.82, 2.24) is 5.32 Å². The van der Waals surface area contributed by atoms with Gasteiger partial charge in [0.15, 0.2) is 0 Å². The Kier molecular flexibility index (Phi) is 4.84. The van der Waals surface area contributed by atoms with Crippen LogP contribution in [0, 0.1) is 21.8 Å². The van der Waals surface area contributed by atoms with Crippen LogP contribution in [0.5, 0.6) is 0 Å². The molecule has 0 fully saturated rings. The molecule has 4 N–H and O–H groups in total. The van der Waals surface area contributed by atoms with Gasteiger partial charge in [0.1, 0.15) is 11.5 Å². The second kappa shape index (κ2) is 6.04. The molecule has 1 atom stereocenters. The first-order valence-electron chi connectivity index (χ1n) is 6.30. The molecular formula is C13H18FN3O4. The molecular weight excluding hydrogens is 281 g/mol. The quantitative estimate of drug-likeness (QED) is 0.432. The van der Waals surface area contributed by atoms with Gasteiger partial charge in [-0.3, -0.25) is 14.9 Å². The van der Waals surface area contributed by atoms with E-state index in [0.717, 1.165) is 6.07 Å². The number of hydrogen-bond donors (Lipinski definition) is 3. The number of benzene rings is 1. The highest BCUT2D eigenvalue weighted by molar-refractivity contribution is 6.01. The normalized spacial score (nSPS) is 13.8. The first-order valence-corrected chi connectivity index (χ1v) is 6.30. The van der Waals surface area contributed by atoms with E-state index in [1.807, 2.05) is 0 Å². The number of amides is 1. The van der Waals surface area contributed by atoms with Crippen LogP contribution < -0.4 is 11.1 Å². The minimum Gasteiger partial charge on any atom is -0.393 e. The summed E-state index contributed by atoms with van der Waals surface area (Å²) in [5, 5.41) is 23.2. The monoisotopic (exact) mass is 299 g/mol. The predicted molar refractivity (Wildman–Crippen MR) is 75.3 cm³/mol. The number of nitrogens with two attached hydrogens (primary N) is 1. The summed E-state index contributed by atoms with van der Waals surface area (Å²) < 4.78 is 13.3. The summed E-state index contributed by atoms with van der Waals surface area (Å²) in [4.78, 5) is 21.9. The highest BCUT2D eigenvalue weighted by Gasteiger charge is 2.27. The average Bonchev–Trinajstić information content (AvgIpc) is 2.37. The summed E-state index contributed by atoms with van der Waals surface area (Å²) in [5.74, 6) is -1.84. The van der Waals surface area contributed by atoms with Gasteiger partial charge in [-0.1, -0.05) is 13.8 Å². The first kappa shape index (κ1) is 16.8. The minimum absolute atomic E-state index is 0.0900. The van der Waals surface area contributed by atoms with Crippen molar-refractivity contribution in [3.8, 4) is 0 Å². The molecule has 0 aliphatic carbocycles. The maximum Gasteiger partial charge on any atom is 0.295 e. The smallest absolute Gasteiger partial charge is 0.295 e. The Labute approximate surface area is 121 Å². The molecule has 1 amide bonds. The molecule has 1 unspecified atom stereocenters. The third kappa shape index (κ3) is 3.88. The van der Waals surface area contributed by atoms with Crippen LogP contribution in [0.4, 0.5) is 15.8 Å². The largest absolute Gasteiger partial charge is 0.393 e. The highest BCUT2D eigenvalue weighted by Crippen LogP contribution is 2.26. The molecule has 1 rings (SSSR count). The number of nitrogen functional groups attached to an aromatic ring is 1. The van der Waals surface area contributed by atoms with Gasteiger partial charge in [0.25, 0.3) is 11.6 Å². The van der Waals surface area contributed by atoms with Crippen molar-refractivity contribution in [3.05, 3.63) is 33.6 Å². The number of carbonyl (C=O) groups is 1. The van der Waals surface area contributed by atoms with Gasteiger partial charge in [0.05, 0.1) is 22.2 Å². The van der Waals surface area contributed by atoms with Crippen molar-refractivity contribution in [3.63, 3.8) is 0 Å². The molecule has 116 valence electrons. The van der Waals surface area contributed by atoms with Crippen LogP contribution >= 0.6 is 0 Å². The fraction of sp³-hybridized carbons (Fsp3) is 0.462. The van der Waals surface area contributed by atoms with E-state index < -0.39 is 33.6 Å². The molecule has 0 aliphatic heterocycles. The third-order valence-corrected chi connectivity index (χ3v) is 3.41. The number of nitro groups is 1. The zero-order valence-electron chi connectivity index (χ0n) is 12.0. The number of carbonyl (C=O) groups excluding carboxylic acids is 1. The third-order valence-electron chi connectivity index (χ3n) is 3.41. The van der Waals surface area contributed by atoms with Gasteiger partial charge in [-0.2, -0.15) is 0 Å². The Hall–Kier alpha value is -2.22. The zero-order chi connectivity index (χ0) is 16.4. The Morgan fingerprint density at radius 2 is 2.14 bits per heavy atom. The molecule has 0 aromatic heterocycles. The number of hydrogen-bond acceptors (Lipinski definition) is 5. The van der Waals surface area contributed by atoms with Crippen molar-refractivity contribution < 1.29 is 19.2 Å². The molecule has 8 heteroatoms.